The van der Waals surface area contributed by atoms with E-state index in [1.165, 1.54) is 0 Å². The smallest absolute Gasteiger partial charge is 0.412 e. The van der Waals surface area contributed by atoms with Crippen LogP contribution in [0.1, 0.15) is 47.1 Å². The molecule has 182 valence electrons. The van der Waals surface area contributed by atoms with Gasteiger partial charge in [0, 0.05) is 32.4 Å². The molecule has 0 fully saturated rings. The fourth-order valence-electron chi connectivity index (χ4n) is 2.38. The van der Waals surface area contributed by atoms with Gasteiger partial charge in [0.05, 0.1) is 0 Å². The van der Waals surface area contributed by atoms with Gasteiger partial charge in [0.1, 0.15) is 11.2 Å². The van der Waals surface area contributed by atoms with Crippen molar-refractivity contribution >= 4 is 47.8 Å². The predicted octanol–water partition coefficient (Wildman–Crippen LogP) is 3.88. The van der Waals surface area contributed by atoms with Crippen LogP contribution in [0.3, 0.4) is 0 Å². The molecule has 9 nitrogen and oxygen atoms in total. The number of anilines is 1. The van der Waals surface area contributed by atoms with E-state index in [0.29, 0.717) is 31.3 Å². The first-order valence-corrected chi connectivity index (χ1v) is 10.4. The Bertz CT molecular complexity index is 740. The first-order chi connectivity index (χ1) is 14.4. The standard InChI is InChI=1S/C22H37N5O4.HI/c1-21(2,3)30-19(28)26-15-14-25-18(23-7)24-13-12-16-8-10-17(11-9-16)27-20(29)31-22(4,5)6;/h8-11H,12-15H2,1-7H3,(H,26,28)(H,27,29)(H2,23,24,25);1H. The zero-order valence-corrected chi connectivity index (χ0v) is 22.5. The largest absolute Gasteiger partial charge is 0.444 e. The second kappa shape index (κ2) is 14.0. The summed E-state index contributed by atoms with van der Waals surface area (Å²) in [6.07, 6.45) is -0.136. The van der Waals surface area contributed by atoms with E-state index in [0.717, 1.165) is 12.0 Å². The lowest BCUT2D eigenvalue weighted by Gasteiger charge is -2.20. The van der Waals surface area contributed by atoms with Crippen molar-refractivity contribution in [1.82, 2.24) is 16.0 Å². The number of alkyl carbamates (subject to hydrolysis) is 1. The zero-order chi connectivity index (χ0) is 23.5. The van der Waals surface area contributed by atoms with Crippen LogP contribution in [0.2, 0.25) is 0 Å². The van der Waals surface area contributed by atoms with Crippen molar-refractivity contribution in [3.05, 3.63) is 29.8 Å². The number of carbonyl (C=O) groups is 2. The van der Waals surface area contributed by atoms with Gasteiger partial charge in [-0.1, -0.05) is 12.1 Å². The Morgan fingerprint density at radius 1 is 0.812 bits per heavy atom. The van der Waals surface area contributed by atoms with Gasteiger partial charge < -0.3 is 25.4 Å². The van der Waals surface area contributed by atoms with Gasteiger partial charge in [0.25, 0.3) is 0 Å². The molecule has 2 amide bonds. The molecule has 0 saturated heterocycles. The Morgan fingerprint density at radius 3 is 1.84 bits per heavy atom. The minimum Gasteiger partial charge on any atom is -0.444 e. The molecule has 1 aromatic rings. The molecule has 0 unspecified atom stereocenters. The van der Waals surface area contributed by atoms with Gasteiger partial charge in [0.2, 0.25) is 0 Å². The maximum absolute atomic E-state index is 11.8. The summed E-state index contributed by atoms with van der Waals surface area (Å²) >= 11 is 0. The number of guanidine groups is 1. The van der Waals surface area contributed by atoms with Crippen LogP contribution in [-0.2, 0) is 15.9 Å². The Morgan fingerprint density at radius 2 is 1.31 bits per heavy atom. The number of nitrogens with zero attached hydrogens (tertiary/aromatic N) is 1. The fourth-order valence-corrected chi connectivity index (χ4v) is 2.38. The van der Waals surface area contributed by atoms with E-state index in [9.17, 15) is 9.59 Å². The van der Waals surface area contributed by atoms with Crippen LogP contribution < -0.4 is 21.3 Å². The number of rotatable bonds is 7. The van der Waals surface area contributed by atoms with E-state index in [-0.39, 0.29) is 24.0 Å². The van der Waals surface area contributed by atoms with E-state index in [1.54, 1.807) is 7.05 Å². The van der Waals surface area contributed by atoms with E-state index in [2.05, 4.69) is 26.3 Å². The number of benzene rings is 1. The first-order valence-electron chi connectivity index (χ1n) is 10.4. The Balaban J connectivity index is 0.00000961. The van der Waals surface area contributed by atoms with Crippen LogP contribution in [0.25, 0.3) is 0 Å². The van der Waals surface area contributed by atoms with Gasteiger partial charge in [-0.15, -0.1) is 24.0 Å². The van der Waals surface area contributed by atoms with Crippen LogP contribution in [-0.4, -0.2) is 56.0 Å². The number of carbonyl (C=O) groups excluding carboxylic acids is 2. The number of hydrogen-bond acceptors (Lipinski definition) is 5. The SMILES string of the molecule is CN=C(NCCNC(=O)OC(C)(C)C)NCCc1ccc(NC(=O)OC(C)(C)C)cc1.I. The number of amides is 2. The maximum Gasteiger partial charge on any atom is 0.412 e. The topological polar surface area (TPSA) is 113 Å². The number of halogens is 1. The third-order valence-electron chi connectivity index (χ3n) is 3.61. The van der Waals surface area contributed by atoms with Crippen LogP contribution in [0.15, 0.2) is 29.3 Å². The van der Waals surface area contributed by atoms with Gasteiger partial charge in [-0.3, -0.25) is 10.3 Å². The summed E-state index contributed by atoms with van der Waals surface area (Å²) in [5.41, 5.74) is 0.748. The minimum absolute atomic E-state index is 0. The molecule has 0 radical (unpaired) electrons. The highest BCUT2D eigenvalue weighted by atomic mass is 127. The summed E-state index contributed by atoms with van der Waals surface area (Å²) in [5.74, 6) is 0.647. The molecule has 0 aliphatic carbocycles. The molecule has 0 spiro atoms. The number of nitrogens with one attached hydrogen (secondary N) is 4. The Labute approximate surface area is 208 Å². The van der Waals surface area contributed by atoms with Crippen LogP contribution in [0.4, 0.5) is 15.3 Å². The van der Waals surface area contributed by atoms with Crippen molar-refractivity contribution in [2.75, 3.05) is 32.0 Å². The normalized spacial score (nSPS) is 11.7. The Kier molecular flexibility index (Phi) is 13.0. The van der Waals surface area contributed by atoms with Gasteiger partial charge in [-0.05, 0) is 65.7 Å². The second-order valence-electron chi connectivity index (χ2n) is 8.93. The van der Waals surface area contributed by atoms with Crippen molar-refractivity contribution in [2.45, 2.75) is 59.2 Å². The molecule has 4 N–H and O–H groups in total. The average Bonchev–Trinajstić information content (AvgIpc) is 2.62. The van der Waals surface area contributed by atoms with Crippen LogP contribution in [0.5, 0.6) is 0 Å². The molecule has 0 aromatic heterocycles. The lowest BCUT2D eigenvalue weighted by Crippen LogP contribution is -2.42. The van der Waals surface area contributed by atoms with E-state index in [4.69, 9.17) is 9.47 Å². The lowest BCUT2D eigenvalue weighted by atomic mass is 10.1. The monoisotopic (exact) mass is 563 g/mol. The molecule has 0 saturated carbocycles. The summed E-state index contributed by atoms with van der Waals surface area (Å²) in [5, 5.41) is 11.8. The highest BCUT2D eigenvalue weighted by Gasteiger charge is 2.16. The molecule has 0 heterocycles. The molecule has 0 aliphatic heterocycles. The first kappa shape index (κ1) is 29.8. The van der Waals surface area contributed by atoms with Gasteiger partial charge in [-0.25, -0.2) is 9.59 Å². The molecule has 1 aromatic carbocycles. The molecule has 0 bridgehead atoms. The summed E-state index contributed by atoms with van der Waals surface area (Å²) in [6, 6.07) is 7.59. The summed E-state index contributed by atoms with van der Waals surface area (Å²) in [7, 11) is 1.69. The number of ether oxygens (including phenoxy) is 2. The third-order valence-corrected chi connectivity index (χ3v) is 3.61. The molecule has 1 rings (SSSR count). The van der Waals surface area contributed by atoms with E-state index >= 15 is 0 Å². The minimum atomic E-state index is -0.534. The van der Waals surface area contributed by atoms with Gasteiger partial charge in [-0.2, -0.15) is 0 Å². The van der Waals surface area contributed by atoms with Crippen LogP contribution >= 0.6 is 24.0 Å². The fraction of sp³-hybridized carbons (Fsp3) is 0.591. The van der Waals surface area contributed by atoms with E-state index in [1.807, 2.05) is 65.8 Å². The highest BCUT2D eigenvalue weighted by Crippen LogP contribution is 2.13. The van der Waals surface area contributed by atoms with Crippen molar-refractivity contribution in [3.8, 4) is 0 Å². The maximum atomic E-state index is 11.8. The number of hydrogen-bond donors (Lipinski definition) is 4. The van der Waals surface area contributed by atoms with Crippen molar-refractivity contribution < 1.29 is 19.1 Å². The molecule has 32 heavy (non-hydrogen) atoms. The second-order valence-corrected chi connectivity index (χ2v) is 8.93. The van der Waals surface area contributed by atoms with Gasteiger partial charge in [0.15, 0.2) is 5.96 Å². The summed E-state index contributed by atoms with van der Waals surface area (Å²) < 4.78 is 10.4. The summed E-state index contributed by atoms with van der Waals surface area (Å²) in [6.45, 7) is 12.5. The lowest BCUT2D eigenvalue weighted by molar-refractivity contribution is 0.0527. The molecular formula is C22H38IN5O4. The van der Waals surface area contributed by atoms with Crippen molar-refractivity contribution in [3.63, 3.8) is 0 Å². The van der Waals surface area contributed by atoms with Crippen molar-refractivity contribution in [2.24, 2.45) is 4.99 Å². The zero-order valence-electron chi connectivity index (χ0n) is 20.1. The highest BCUT2D eigenvalue weighted by molar-refractivity contribution is 14.0. The molecule has 10 heteroatoms. The van der Waals surface area contributed by atoms with Gasteiger partial charge >= 0.3 is 12.2 Å². The third kappa shape index (κ3) is 14.7. The molecule has 0 aliphatic rings. The Hall–Kier alpha value is -2.24. The molecule has 0 atom stereocenters. The average molecular weight is 563 g/mol. The number of aliphatic imine (C=N–C) groups is 1. The van der Waals surface area contributed by atoms with Crippen molar-refractivity contribution in [1.29, 1.82) is 0 Å². The molecular weight excluding hydrogens is 525 g/mol. The quantitative estimate of drug-likeness (QED) is 0.173. The predicted molar refractivity (Wildman–Crippen MR) is 139 cm³/mol. The summed E-state index contributed by atoms with van der Waals surface area (Å²) in [4.78, 5) is 27.6. The van der Waals surface area contributed by atoms with E-state index < -0.39 is 23.4 Å². The van der Waals surface area contributed by atoms with Crippen LogP contribution in [0, 0.1) is 0 Å².